The minimum Gasteiger partial charge on any atom is -0.480 e. The second-order valence-corrected chi connectivity index (χ2v) is 15.3. The summed E-state index contributed by atoms with van der Waals surface area (Å²) in [6.45, 7) is 2.73. The summed E-state index contributed by atoms with van der Waals surface area (Å²) in [6, 6.07) is -1.52. The van der Waals surface area contributed by atoms with Gasteiger partial charge in [0.2, 0.25) is 0 Å². The molecule has 1 aliphatic heterocycles. The Balaban J connectivity index is 2.31. The van der Waals surface area contributed by atoms with Crippen LogP contribution in [-0.2, 0) is 42.2 Å². The maximum absolute atomic E-state index is 12.6. The lowest BCUT2D eigenvalue weighted by atomic mass is 10.1. The van der Waals surface area contributed by atoms with Crippen molar-refractivity contribution in [2.24, 2.45) is 5.73 Å². The number of carbonyl (C=O) groups is 3. The van der Waals surface area contributed by atoms with Crippen LogP contribution in [0.5, 0.6) is 0 Å². The van der Waals surface area contributed by atoms with Crippen LogP contribution < -0.4 is 5.73 Å². The normalized spacial score (nSPS) is 18.0. The van der Waals surface area contributed by atoms with Gasteiger partial charge < -0.3 is 29.9 Å². The predicted octanol–water partition coefficient (Wildman–Crippen LogP) is 8.71. The molecule has 0 saturated carbocycles. The van der Waals surface area contributed by atoms with Gasteiger partial charge in [-0.3, -0.25) is 23.4 Å². The zero-order valence-corrected chi connectivity index (χ0v) is 32.5. The Kier molecular flexibility index (Phi) is 28.3. The average Bonchev–Trinajstić information content (AvgIpc) is 3.86. The minimum absolute atomic E-state index is 0.159. The lowest BCUT2D eigenvalue weighted by Crippen LogP contribution is -2.34. The Morgan fingerprint density at radius 1 is 0.706 bits per heavy atom. The molecule has 0 bridgehead atoms. The number of hydrogen-bond donors (Lipinski definition) is 3. The fourth-order valence-electron chi connectivity index (χ4n) is 5.66. The Bertz CT molecular complexity index is 995. The number of carbonyl (C=O) groups excluding carboxylic acids is 2. The number of esters is 2. The van der Waals surface area contributed by atoms with Crippen LogP contribution >= 0.6 is 7.82 Å². The summed E-state index contributed by atoms with van der Waals surface area (Å²) in [4.78, 5) is 45.8. The lowest BCUT2D eigenvalue weighted by molar-refractivity contribution is -0.161. The molecular formula is C38H70NO11P. The number of carboxylic acid groups (broad SMARTS) is 1. The van der Waals surface area contributed by atoms with Gasteiger partial charge in [-0.15, -0.1) is 0 Å². The fourth-order valence-corrected chi connectivity index (χ4v) is 6.44. The van der Waals surface area contributed by atoms with E-state index in [-0.39, 0.29) is 19.4 Å². The SMILES string of the molecule is CCCCC/C=C\CC1OC1CCCCCCCC(=O)OC[C@H](COP(=O)(O)OC[C@H](N)C(=O)O)OC(=O)CCCCCCCCCCCCC. The third-order valence-corrected chi connectivity index (χ3v) is 9.89. The van der Waals surface area contributed by atoms with Crippen molar-refractivity contribution in [2.75, 3.05) is 19.8 Å². The van der Waals surface area contributed by atoms with E-state index in [2.05, 4.69) is 30.5 Å². The van der Waals surface area contributed by atoms with E-state index in [0.717, 1.165) is 64.2 Å². The number of hydrogen-bond acceptors (Lipinski definition) is 10. The molecule has 298 valence electrons. The first kappa shape index (κ1) is 47.2. The number of unbranched alkanes of at least 4 members (excludes halogenated alkanes) is 17. The van der Waals surface area contributed by atoms with E-state index in [0.29, 0.717) is 25.0 Å². The van der Waals surface area contributed by atoms with Crippen molar-refractivity contribution in [1.82, 2.24) is 0 Å². The molecule has 3 unspecified atom stereocenters. The summed E-state index contributed by atoms with van der Waals surface area (Å²) in [5.74, 6) is -2.40. The molecule has 0 spiro atoms. The van der Waals surface area contributed by atoms with E-state index >= 15 is 0 Å². The third kappa shape index (κ3) is 28.4. The number of phosphoric acid groups is 1. The molecule has 1 fully saturated rings. The lowest BCUT2D eigenvalue weighted by Gasteiger charge is -2.20. The number of allylic oxidation sites excluding steroid dienone is 1. The number of aliphatic carboxylic acids is 1. The maximum atomic E-state index is 12.6. The third-order valence-electron chi connectivity index (χ3n) is 8.94. The van der Waals surface area contributed by atoms with Crippen molar-refractivity contribution >= 4 is 25.7 Å². The molecule has 51 heavy (non-hydrogen) atoms. The first-order valence-electron chi connectivity index (χ1n) is 19.8. The van der Waals surface area contributed by atoms with Gasteiger partial charge in [-0.25, -0.2) is 4.57 Å². The monoisotopic (exact) mass is 747 g/mol. The number of phosphoric ester groups is 1. The first-order chi connectivity index (χ1) is 24.6. The van der Waals surface area contributed by atoms with Crippen LogP contribution in [0.1, 0.15) is 168 Å². The van der Waals surface area contributed by atoms with E-state index in [9.17, 15) is 23.8 Å². The van der Waals surface area contributed by atoms with Gasteiger partial charge in [-0.2, -0.15) is 0 Å². The molecule has 1 heterocycles. The van der Waals surface area contributed by atoms with Crippen LogP contribution in [0.25, 0.3) is 0 Å². The molecule has 0 amide bonds. The van der Waals surface area contributed by atoms with Crippen LogP contribution in [0.15, 0.2) is 12.2 Å². The van der Waals surface area contributed by atoms with Gasteiger partial charge in [0.1, 0.15) is 12.6 Å². The van der Waals surface area contributed by atoms with E-state index in [4.69, 9.17) is 29.6 Å². The van der Waals surface area contributed by atoms with Crippen molar-refractivity contribution in [1.29, 1.82) is 0 Å². The molecule has 5 atom stereocenters. The van der Waals surface area contributed by atoms with E-state index in [1.54, 1.807) is 0 Å². The van der Waals surface area contributed by atoms with Crippen molar-refractivity contribution < 1.29 is 52.2 Å². The zero-order valence-electron chi connectivity index (χ0n) is 31.6. The molecular weight excluding hydrogens is 677 g/mol. The molecule has 13 heteroatoms. The van der Waals surface area contributed by atoms with Crippen LogP contribution in [-0.4, -0.2) is 72.1 Å². The Hall–Kier alpha value is -1.82. The molecule has 0 aromatic rings. The topological polar surface area (TPSA) is 184 Å². The molecule has 0 aliphatic carbocycles. The summed E-state index contributed by atoms with van der Waals surface area (Å²) in [6.07, 6.45) is 28.7. The summed E-state index contributed by atoms with van der Waals surface area (Å²) in [5.41, 5.74) is 5.32. The second kappa shape index (κ2) is 30.6. The van der Waals surface area contributed by atoms with Gasteiger partial charge in [0.25, 0.3) is 0 Å². The highest BCUT2D eigenvalue weighted by atomic mass is 31.2. The Morgan fingerprint density at radius 2 is 1.24 bits per heavy atom. The highest BCUT2D eigenvalue weighted by Gasteiger charge is 2.36. The summed E-state index contributed by atoms with van der Waals surface area (Å²) < 4.78 is 38.4. The van der Waals surface area contributed by atoms with Crippen LogP contribution in [0, 0.1) is 0 Å². The predicted molar refractivity (Wildman–Crippen MR) is 198 cm³/mol. The molecule has 4 N–H and O–H groups in total. The van der Waals surface area contributed by atoms with Crippen molar-refractivity contribution in [2.45, 2.75) is 192 Å². The van der Waals surface area contributed by atoms with Crippen LogP contribution in [0.2, 0.25) is 0 Å². The van der Waals surface area contributed by atoms with Crippen molar-refractivity contribution in [3.63, 3.8) is 0 Å². The molecule has 12 nitrogen and oxygen atoms in total. The van der Waals surface area contributed by atoms with E-state index in [1.807, 2.05) is 0 Å². The average molecular weight is 748 g/mol. The molecule has 0 aromatic carbocycles. The molecule has 1 rings (SSSR count). The van der Waals surface area contributed by atoms with E-state index < -0.39 is 51.1 Å². The second-order valence-electron chi connectivity index (χ2n) is 13.8. The highest BCUT2D eigenvalue weighted by molar-refractivity contribution is 7.47. The van der Waals surface area contributed by atoms with Gasteiger partial charge >= 0.3 is 25.7 Å². The summed E-state index contributed by atoms with van der Waals surface area (Å²) >= 11 is 0. The van der Waals surface area contributed by atoms with E-state index in [1.165, 1.54) is 64.2 Å². The fraction of sp³-hybridized carbons (Fsp3) is 0.868. The Labute approximate surface area is 307 Å². The Morgan fingerprint density at radius 3 is 1.84 bits per heavy atom. The van der Waals surface area contributed by atoms with Crippen molar-refractivity contribution in [3.8, 4) is 0 Å². The number of epoxide rings is 1. The highest BCUT2D eigenvalue weighted by Crippen LogP contribution is 2.43. The minimum atomic E-state index is -4.71. The summed E-state index contributed by atoms with van der Waals surface area (Å²) in [7, 11) is -4.71. The quantitative estimate of drug-likeness (QED) is 0.0182. The van der Waals surface area contributed by atoms with Gasteiger partial charge in [-0.05, 0) is 38.5 Å². The van der Waals surface area contributed by atoms with Crippen molar-refractivity contribution in [3.05, 3.63) is 12.2 Å². The number of nitrogens with two attached hydrogens (primary N) is 1. The van der Waals surface area contributed by atoms with Gasteiger partial charge in [0.15, 0.2) is 6.10 Å². The standard InChI is InChI=1S/C38H70NO11P/c1-3-5-7-9-11-12-13-14-15-19-24-28-37(41)49-32(30-47-51(44,45)48-31-33(39)38(42)43)29-46-36(40)27-23-20-16-18-22-26-35-34(50-35)25-21-17-10-8-6-4-2/h17,21,32-35H,3-16,18-20,22-31,39H2,1-2H3,(H,42,43)(H,44,45)/b21-17-/t32-,33+,34?,35?/m1/s1. The van der Waals surface area contributed by atoms with Gasteiger partial charge in [-0.1, -0.05) is 129 Å². The number of rotatable bonds is 36. The maximum Gasteiger partial charge on any atom is 0.472 e. The summed E-state index contributed by atoms with van der Waals surface area (Å²) in [5, 5.41) is 8.86. The van der Waals surface area contributed by atoms with Crippen LogP contribution in [0.3, 0.4) is 0 Å². The molecule has 0 aromatic heterocycles. The van der Waals surface area contributed by atoms with Gasteiger partial charge in [0, 0.05) is 12.8 Å². The first-order valence-corrected chi connectivity index (χ1v) is 21.3. The molecule has 0 radical (unpaired) electrons. The van der Waals surface area contributed by atoms with Crippen LogP contribution in [0.4, 0.5) is 0 Å². The largest absolute Gasteiger partial charge is 0.480 e. The number of ether oxygens (including phenoxy) is 3. The molecule has 1 saturated heterocycles. The number of carboxylic acids is 1. The van der Waals surface area contributed by atoms with Gasteiger partial charge in [0.05, 0.1) is 25.4 Å². The smallest absolute Gasteiger partial charge is 0.472 e. The molecule has 1 aliphatic rings. The zero-order chi connectivity index (χ0) is 37.6.